The van der Waals surface area contributed by atoms with Crippen molar-refractivity contribution in [3.05, 3.63) is 12.3 Å². The number of hydrogen-bond donors (Lipinski definition) is 1. The largest absolute Gasteiger partial charge is 0.433 e. The van der Waals surface area contributed by atoms with Crippen LogP contribution in [0.1, 0.15) is 0 Å². The highest BCUT2D eigenvalue weighted by Gasteiger charge is 2.21. The molecule has 56 valence electrons. The first kappa shape index (κ1) is 7.24. The smallest absolute Gasteiger partial charge is 0.344 e. The predicted octanol–water partition coefficient (Wildman–Crippen LogP) is -0.566. The molecule has 1 unspecified atom stereocenters. The summed E-state index contributed by atoms with van der Waals surface area (Å²) in [5.41, 5.74) is 0. The van der Waals surface area contributed by atoms with Crippen molar-refractivity contribution in [1.82, 2.24) is 0 Å². The Morgan fingerprint density at radius 3 is 3.10 bits per heavy atom. The topological polar surface area (TPSA) is 55.8 Å². The van der Waals surface area contributed by atoms with E-state index in [1.807, 2.05) is 0 Å². The minimum absolute atomic E-state index is 0.0857. The van der Waals surface area contributed by atoms with Gasteiger partial charge in [-0.05, 0) is 6.08 Å². The maximum atomic E-state index is 10.6. The van der Waals surface area contributed by atoms with Gasteiger partial charge in [-0.1, -0.05) is 0 Å². The van der Waals surface area contributed by atoms with E-state index in [0.29, 0.717) is 0 Å². The van der Waals surface area contributed by atoms with Gasteiger partial charge < -0.3 is 14.6 Å². The molecule has 0 saturated heterocycles. The Kier molecular flexibility index (Phi) is 2.42. The molecule has 0 aromatic carbocycles. The molecular weight excluding hydrogens is 136 g/mol. The van der Waals surface area contributed by atoms with Gasteiger partial charge in [-0.2, -0.15) is 0 Å². The summed E-state index contributed by atoms with van der Waals surface area (Å²) in [5.74, 6) is -0.423. The number of esters is 1. The first-order chi connectivity index (χ1) is 4.84. The van der Waals surface area contributed by atoms with Crippen molar-refractivity contribution in [2.24, 2.45) is 0 Å². The second-order valence-electron chi connectivity index (χ2n) is 1.78. The van der Waals surface area contributed by atoms with Crippen molar-refractivity contribution in [1.29, 1.82) is 0 Å². The molecule has 0 saturated carbocycles. The summed E-state index contributed by atoms with van der Waals surface area (Å²) in [6.07, 6.45) is 2.16. The van der Waals surface area contributed by atoms with Gasteiger partial charge in [0.05, 0.1) is 19.5 Å². The third-order valence-electron chi connectivity index (χ3n) is 1.06. The Hall–Kier alpha value is -0.870. The van der Waals surface area contributed by atoms with E-state index >= 15 is 0 Å². The Balaban J connectivity index is 2.27. The van der Waals surface area contributed by atoms with Crippen molar-refractivity contribution in [2.75, 3.05) is 13.2 Å². The fourth-order valence-electron chi connectivity index (χ4n) is 0.627. The third kappa shape index (κ3) is 1.55. The van der Waals surface area contributed by atoms with E-state index in [1.165, 1.54) is 12.3 Å². The average Bonchev–Trinajstić information content (AvgIpc) is 2.31. The number of ether oxygens (including phenoxy) is 2. The number of rotatable bonds is 3. The van der Waals surface area contributed by atoms with Crippen molar-refractivity contribution < 1.29 is 19.4 Å². The van der Waals surface area contributed by atoms with Crippen molar-refractivity contribution >= 4 is 5.97 Å². The van der Waals surface area contributed by atoms with E-state index in [4.69, 9.17) is 9.84 Å². The van der Waals surface area contributed by atoms with E-state index in [9.17, 15) is 4.79 Å². The molecule has 0 bridgehead atoms. The molecule has 4 heteroatoms. The van der Waals surface area contributed by atoms with Crippen LogP contribution in [0.2, 0.25) is 0 Å². The molecule has 0 aliphatic carbocycles. The lowest BCUT2D eigenvalue weighted by atomic mass is 10.4. The molecule has 1 aliphatic rings. The highest BCUT2D eigenvalue weighted by atomic mass is 16.6. The Labute approximate surface area is 58.1 Å². The summed E-state index contributed by atoms with van der Waals surface area (Å²) >= 11 is 0. The maximum Gasteiger partial charge on any atom is 0.344 e. The lowest BCUT2D eigenvalue weighted by Crippen LogP contribution is -2.20. The summed E-state index contributed by atoms with van der Waals surface area (Å²) in [5, 5.41) is 8.31. The molecule has 1 rings (SSSR count). The van der Waals surface area contributed by atoms with Gasteiger partial charge >= 0.3 is 5.97 Å². The zero-order valence-electron chi connectivity index (χ0n) is 5.32. The summed E-state index contributed by atoms with van der Waals surface area (Å²) in [6, 6.07) is 0. The minimum atomic E-state index is -0.618. The number of carbonyl (C=O) groups is 1. The lowest BCUT2D eigenvalue weighted by molar-refractivity contribution is -0.145. The van der Waals surface area contributed by atoms with E-state index in [0.717, 1.165) is 0 Å². The van der Waals surface area contributed by atoms with Gasteiger partial charge in [0, 0.05) is 0 Å². The van der Waals surface area contributed by atoms with Gasteiger partial charge in [0.1, 0.15) is 0 Å². The first-order valence-corrected chi connectivity index (χ1v) is 2.94. The standard InChI is InChI=1S/C6H8O4/c7-2-4-9-5-1-3-10-6(5)8/h1,3,5,7H,2,4H2. The highest BCUT2D eigenvalue weighted by molar-refractivity contribution is 5.79. The molecule has 4 nitrogen and oxygen atoms in total. The van der Waals surface area contributed by atoms with Crippen LogP contribution in [0.5, 0.6) is 0 Å². The van der Waals surface area contributed by atoms with Crippen LogP contribution in [-0.4, -0.2) is 30.4 Å². The Morgan fingerprint density at radius 1 is 1.80 bits per heavy atom. The SMILES string of the molecule is O=C1OC=CC1OCCO. The zero-order chi connectivity index (χ0) is 7.40. The van der Waals surface area contributed by atoms with Gasteiger partial charge in [-0.3, -0.25) is 0 Å². The van der Waals surface area contributed by atoms with Crippen molar-refractivity contribution in [2.45, 2.75) is 6.10 Å². The second kappa shape index (κ2) is 3.34. The summed E-state index contributed by atoms with van der Waals surface area (Å²) < 4.78 is 9.29. The van der Waals surface area contributed by atoms with E-state index in [-0.39, 0.29) is 13.2 Å². The fourth-order valence-corrected chi connectivity index (χ4v) is 0.627. The lowest BCUT2D eigenvalue weighted by Gasteiger charge is -2.03. The summed E-state index contributed by atoms with van der Waals surface area (Å²) in [7, 11) is 0. The molecule has 0 radical (unpaired) electrons. The van der Waals surface area contributed by atoms with Crippen LogP contribution >= 0.6 is 0 Å². The molecule has 10 heavy (non-hydrogen) atoms. The van der Waals surface area contributed by atoms with Crippen molar-refractivity contribution in [3.63, 3.8) is 0 Å². The molecule has 1 atom stereocenters. The van der Waals surface area contributed by atoms with E-state index < -0.39 is 12.1 Å². The third-order valence-corrected chi connectivity index (χ3v) is 1.06. The normalized spacial score (nSPS) is 23.3. The van der Waals surface area contributed by atoms with Gasteiger partial charge in [-0.15, -0.1) is 0 Å². The molecule has 0 amide bonds. The molecule has 0 aromatic heterocycles. The molecule has 0 aromatic rings. The van der Waals surface area contributed by atoms with Crippen LogP contribution in [0.4, 0.5) is 0 Å². The number of carbonyl (C=O) groups excluding carboxylic acids is 1. The van der Waals surface area contributed by atoms with Gasteiger partial charge in [-0.25, -0.2) is 4.79 Å². The molecular formula is C6H8O4. The monoisotopic (exact) mass is 144 g/mol. The second-order valence-corrected chi connectivity index (χ2v) is 1.78. The number of aliphatic hydroxyl groups excluding tert-OH is 1. The summed E-state index contributed by atoms with van der Waals surface area (Å²) in [4.78, 5) is 10.6. The Morgan fingerprint density at radius 2 is 2.60 bits per heavy atom. The van der Waals surface area contributed by atoms with Gasteiger partial charge in [0.25, 0.3) is 0 Å². The first-order valence-electron chi connectivity index (χ1n) is 2.94. The molecule has 1 N–H and O–H groups in total. The minimum Gasteiger partial charge on any atom is -0.433 e. The fraction of sp³-hybridized carbons (Fsp3) is 0.500. The molecule has 1 aliphatic heterocycles. The zero-order valence-corrected chi connectivity index (χ0v) is 5.32. The Bertz CT molecular complexity index is 152. The van der Waals surface area contributed by atoms with Crippen LogP contribution in [0, 0.1) is 0 Å². The number of aliphatic hydroxyl groups is 1. The van der Waals surface area contributed by atoms with Crippen LogP contribution < -0.4 is 0 Å². The quantitative estimate of drug-likeness (QED) is 0.539. The van der Waals surface area contributed by atoms with Crippen LogP contribution in [0.15, 0.2) is 12.3 Å². The van der Waals surface area contributed by atoms with Crippen molar-refractivity contribution in [3.8, 4) is 0 Å². The average molecular weight is 144 g/mol. The van der Waals surface area contributed by atoms with Crippen LogP contribution in [0.3, 0.4) is 0 Å². The van der Waals surface area contributed by atoms with Crippen LogP contribution in [0.25, 0.3) is 0 Å². The van der Waals surface area contributed by atoms with Gasteiger partial charge in [0.2, 0.25) is 0 Å². The van der Waals surface area contributed by atoms with Gasteiger partial charge in [0.15, 0.2) is 6.10 Å². The molecule has 1 heterocycles. The number of hydrogen-bond acceptors (Lipinski definition) is 4. The highest BCUT2D eigenvalue weighted by Crippen LogP contribution is 2.05. The van der Waals surface area contributed by atoms with Crippen LogP contribution in [-0.2, 0) is 14.3 Å². The van der Waals surface area contributed by atoms with E-state index in [2.05, 4.69) is 4.74 Å². The summed E-state index contributed by atoms with van der Waals surface area (Å²) in [6.45, 7) is 0.0712. The molecule has 0 spiro atoms. The number of cyclic esters (lactones) is 1. The molecule has 0 fully saturated rings. The van der Waals surface area contributed by atoms with E-state index in [1.54, 1.807) is 0 Å². The maximum absolute atomic E-state index is 10.6. The predicted molar refractivity (Wildman–Crippen MR) is 32.1 cm³/mol.